The number of nitrogens with one attached hydrogen (secondary N) is 1. The fourth-order valence-corrected chi connectivity index (χ4v) is 3.54. The van der Waals surface area contributed by atoms with E-state index in [1.54, 1.807) is 43.5 Å². The van der Waals surface area contributed by atoms with E-state index in [0.29, 0.717) is 11.4 Å². The van der Waals surface area contributed by atoms with Crippen LogP contribution in [-0.4, -0.2) is 27.1 Å². The Labute approximate surface area is 183 Å². The van der Waals surface area contributed by atoms with Crippen LogP contribution in [0.15, 0.2) is 82.5 Å². The molecule has 1 N–H and O–H groups in total. The van der Waals surface area contributed by atoms with Crippen molar-refractivity contribution in [3.63, 3.8) is 0 Å². The summed E-state index contributed by atoms with van der Waals surface area (Å²) in [5.41, 5.74) is 0.444. The Morgan fingerprint density at radius 1 is 1.03 bits per heavy atom. The first-order valence-corrected chi connectivity index (χ1v) is 10.1. The van der Waals surface area contributed by atoms with Gasteiger partial charge in [-0.05, 0) is 48.9 Å². The molecule has 162 valence electrons. The first-order valence-electron chi connectivity index (χ1n) is 10.1. The van der Waals surface area contributed by atoms with Gasteiger partial charge < -0.3 is 10.1 Å². The number of hydrogen-bond acceptors (Lipinski definition) is 5. The predicted octanol–water partition coefficient (Wildman–Crippen LogP) is 2.43. The molecular weight excluding hydrogens is 408 g/mol. The number of carbonyl (C=O) groups is 1. The van der Waals surface area contributed by atoms with Crippen LogP contribution in [0.25, 0.3) is 16.7 Å². The highest BCUT2D eigenvalue weighted by atomic mass is 16.5. The van der Waals surface area contributed by atoms with Gasteiger partial charge in [0, 0.05) is 6.20 Å². The number of benzene rings is 2. The number of methoxy groups -OCH3 is 1. The molecule has 4 rings (SSSR count). The summed E-state index contributed by atoms with van der Waals surface area (Å²) in [6.45, 7) is 1.44. The van der Waals surface area contributed by atoms with Crippen molar-refractivity contribution in [3.05, 3.63) is 99.3 Å². The number of fused-ring (bicyclic) bond motifs is 1. The van der Waals surface area contributed by atoms with Crippen LogP contribution in [0.2, 0.25) is 0 Å². The molecule has 2 heterocycles. The van der Waals surface area contributed by atoms with Crippen LogP contribution in [-0.2, 0) is 11.3 Å². The molecule has 1 atom stereocenters. The van der Waals surface area contributed by atoms with Gasteiger partial charge in [0.15, 0.2) is 5.65 Å². The van der Waals surface area contributed by atoms with E-state index in [9.17, 15) is 14.4 Å². The Bertz CT molecular complexity index is 1380. The summed E-state index contributed by atoms with van der Waals surface area (Å²) >= 11 is 0. The van der Waals surface area contributed by atoms with Gasteiger partial charge in [0.2, 0.25) is 5.91 Å². The SMILES string of the molecule is COc1ccc(-n2c(=O)n(CC(=O)NC(C)c3ccccc3)c(=O)c3cccnc32)cc1. The van der Waals surface area contributed by atoms with Gasteiger partial charge in [-0.2, -0.15) is 0 Å². The van der Waals surface area contributed by atoms with Gasteiger partial charge in [-0.1, -0.05) is 30.3 Å². The van der Waals surface area contributed by atoms with Gasteiger partial charge in [0.05, 0.1) is 24.2 Å². The van der Waals surface area contributed by atoms with Crippen LogP contribution >= 0.6 is 0 Å². The van der Waals surface area contributed by atoms with E-state index >= 15 is 0 Å². The normalized spacial score (nSPS) is 11.8. The van der Waals surface area contributed by atoms with Crippen LogP contribution < -0.4 is 21.3 Å². The summed E-state index contributed by atoms with van der Waals surface area (Å²) in [7, 11) is 1.55. The van der Waals surface area contributed by atoms with Gasteiger partial charge in [-0.25, -0.2) is 18.9 Å². The lowest BCUT2D eigenvalue weighted by Gasteiger charge is -2.16. The van der Waals surface area contributed by atoms with Gasteiger partial charge in [-0.15, -0.1) is 0 Å². The molecule has 0 spiro atoms. The van der Waals surface area contributed by atoms with Crippen molar-refractivity contribution in [2.45, 2.75) is 19.5 Å². The highest BCUT2D eigenvalue weighted by Crippen LogP contribution is 2.16. The lowest BCUT2D eigenvalue weighted by atomic mass is 10.1. The van der Waals surface area contributed by atoms with Crippen molar-refractivity contribution in [2.24, 2.45) is 0 Å². The second-order valence-electron chi connectivity index (χ2n) is 7.28. The molecule has 0 aliphatic carbocycles. The number of rotatable bonds is 6. The second kappa shape index (κ2) is 8.89. The van der Waals surface area contributed by atoms with Gasteiger partial charge in [-0.3, -0.25) is 9.59 Å². The average Bonchev–Trinajstić information content (AvgIpc) is 2.83. The average molecular weight is 430 g/mol. The molecule has 8 nitrogen and oxygen atoms in total. The van der Waals surface area contributed by atoms with E-state index in [0.717, 1.165) is 10.1 Å². The van der Waals surface area contributed by atoms with Crippen molar-refractivity contribution in [2.75, 3.05) is 7.11 Å². The maximum atomic E-state index is 13.3. The van der Waals surface area contributed by atoms with Crippen LogP contribution in [0.4, 0.5) is 0 Å². The van der Waals surface area contributed by atoms with Crippen LogP contribution in [0, 0.1) is 0 Å². The molecule has 0 saturated carbocycles. The zero-order valence-electron chi connectivity index (χ0n) is 17.7. The Balaban J connectivity index is 1.75. The molecule has 2 aromatic carbocycles. The first kappa shape index (κ1) is 21.0. The molecule has 8 heteroatoms. The summed E-state index contributed by atoms with van der Waals surface area (Å²) in [5.74, 6) is 0.187. The Kier molecular flexibility index (Phi) is 5.85. The number of nitrogens with zero attached hydrogens (tertiary/aromatic N) is 3. The van der Waals surface area contributed by atoms with E-state index in [4.69, 9.17) is 4.74 Å². The molecule has 0 aliphatic rings. The molecular formula is C24H22N4O4. The van der Waals surface area contributed by atoms with E-state index in [-0.39, 0.29) is 17.1 Å². The van der Waals surface area contributed by atoms with E-state index in [1.807, 2.05) is 37.3 Å². The van der Waals surface area contributed by atoms with Crippen LogP contribution in [0.1, 0.15) is 18.5 Å². The maximum absolute atomic E-state index is 13.3. The number of amides is 1. The fourth-order valence-electron chi connectivity index (χ4n) is 3.54. The summed E-state index contributed by atoms with van der Waals surface area (Å²) in [6, 6.07) is 19.2. The van der Waals surface area contributed by atoms with E-state index in [2.05, 4.69) is 10.3 Å². The molecule has 4 aromatic rings. The summed E-state index contributed by atoms with van der Waals surface area (Å²) in [4.78, 5) is 43.3. The molecule has 0 saturated heterocycles. The predicted molar refractivity (Wildman–Crippen MR) is 121 cm³/mol. The molecule has 0 fully saturated rings. The monoisotopic (exact) mass is 430 g/mol. The van der Waals surface area contributed by atoms with Crippen molar-refractivity contribution in [1.29, 1.82) is 0 Å². The third kappa shape index (κ3) is 4.02. The lowest BCUT2D eigenvalue weighted by molar-refractivity contribution is -0.122. The smallest absolute Gasteiger partial charge is 0.337 e. The standard InChI is InChI=1S/C24H22N4O4/c1-16(17-7-4-3-5-8-17)26-21(29)15-27-23(30)20-9-6-14-25-22(20)28(24(27)31)18-10-12-19(32-2)13-11-18/h3-14,16H,15H2,1-2H3,(H,26,29). The van der Waals surface area contributed by atoms with E-state index in [1.165, 1.54) is 10.8 Å². The van der Waals surface area contributed by atoms with Crippen molar-refractivity contribution >= 4 is 16.9 Å². The molecule has 1 unspecified atom stereocenters. The van der Waals surface area contributed by atoms with Crippen LogP contribution in [0.3, 0.4) is 0 Å². The maximum Gasteiger partial charge on any atom is 0.337 e. The topological polar surface area (TPSA) is 95.2 Å². The minimum Gasteiger partial charge on any atom is -0.497 e. The van der Waals surface area contributed by atoms with E-state index < -0.39 is 23.7 Å². The lowest BCUT2D eigenvalue weighted by Crippen LogP contribution is -2.44. The number of aromatic nitrogens is 3. The summed E-state index contributed by atoms with van der Waals surface area (Å²) in [5, 5.41) is 3.08. The van der Waals surface area contributed by atoms with Crippen molar-refractivity contribution in [1.82, 2.24) is 19.4 Å². The minimum absolute atomic E-state index is 0.224. The molecule has 0 aliphatic heterocycles. The largest absolute Gasteiger partial charge is 0.497 e. The molecule has 32 heavy (non-hydrogen) atoms. The highest BCUT2D eigenvalue weighted by Gasteiger charge is 2.18. The summed E-state index contributed by atoms with van der Waals surface area (Å²) in [6.07, 6.45) is 1.51. The summed E-state index contributed by atoms with van der Waals surface area (Å²) < 4.78 is 7.44. The Morgan fingerprint density at radius 3 is 2.44 bits per heavy atom. The number of ether oxygens (including phenoxy) is 1. The van der Waals surface area contributed by atoms with Gasteiger partial charge >= 0.3 is 5.69 Å². The number of hydrogen-bond donors (Lipinski definition) is 1. The highest BCUT2D eigenvalue weighted by molar-refractivity contribution is 5.78. The minimum atomic E-state index is -0.645. The fraction of sp³-hybridized carbons (Fsp3) is 0.167. The Morgan fingerprint density at radius 2 is 1.75 bits per heavy atom. The van der Waals surface area contributed by atoms with Crippen molar-refractivity contribution < 1.29 is 9.53 Å². The first-order chi connectivity index (χ1) is 15.5. The quantitative estimate of drug-likeness (QED) is 0.507. The molecule has 1 amide bonds. The third-order valence-corrected chi connectivity index (χ3v) is 5.21. The second-order valence-corrected chi connectivity index (χ2v) is 7.28. The Hall–Kier alpha value is -4.20. The zero-order chi connectivity index (χ0) is 22.7. The zero-order valence-corrected chi connectivity index (χ0v) is 17.7. The molecule has 2 aromatic heterocycles. The van der Waals surface area contributed by atoms with Crippen molar-refractivity contribution in [3.8, 4) is 11.4 Å². The molecule has 0 bridgehead atoms. The molecule has 0 radical (unpaired) electrons. The third-order valence-electron chi connectivity index (χ3n) is 5.21. The van der Waals surface area contributed by atoms with Gasteiger partial charge in [0.25, 0.3) is 5.56 Å². The van der Waals surface area contributed by atoms with Gasteiger partial charge in [0.1, 0.15) is 12.3 Å². The van der Waals surface area contributed by atoms with Crippen LogP contribution in [0.5, 0.6) is 5.75 Å². The number of pyridine rings is 1. The number of carbonyl (C=O) groups excluding carboxylic acids is 1.